The van der Waals surface area contributed by atoms with E-state index in [0.717, 1.165) is 0 Å². The smallest absolute Gasteiger partial charge is 0.253 e. The van der Waals surface area contributed by atoms with Gasteiger partial charge in [0.2, 0.25) is 0 Å². The number of carbonyl (C=O) groups excluding carboxylic acids is 1. The Morgan fingerprint density at radius 2 is 1.90 bits per heavy atom. The lowest BCUT2D eigenvalue weighted by atomic mass is 10.2. The maximum absolute atomic E-state index is 11.9. The molecule has 1 atom stereocenters. The minimum atomic E-state index is -0.566. The van der Waals surface area contributed by atoms with Crippen molar-refractivity contribution in [1.82, 2.24) is 0 Å². The Bertz CT molecular complexity index is 498. The molecule has 0 fully saturated rings. The first-order valence-electron chi connectivity index (χ1n) is 6.88. The Balaban J connectivity index is 2.35. The highest BCUT2D eigenvalue weighted by molar-refractivity contribution is 5.93. The van der Waals surface area contributed by atoms with E-state index >= 15 is 0 Å². The van der Waals surface area contributed by atoms with Gasteiger partial charge in [-0.15, -0.1) is 0 Å². The van der Waals surface area contributed by atoms with Crippen molar-refractivity contribution in [2.45, 2.75) is 39.4 Å². The summed E-state index contributed by atoms with van der Waals surface area (Å²) in [6.07, 6.45) is -0.566. The zero-order valence-electron chi connectivity index (χ0n) is 13.0. The summed E-state index contributed by atoms with van der Waals surface area (Å²) >= 11 is 0. The molecule has 0 aromatic heterocycles. The molecular formula is C16H22N2O3. The molecule has 0 saturated heterocycles. The monoisotopic (exact) mass is 290 g/mol. The van der Waals surface area contributed by atoms with Gasteiger partial charge in [0.25, 0.3) is 5.91 Å². The van der Waals surface area contributed by atoms with Gasteiger partial charge < -0.3 is 14.8 Å². The number of carbonyl (C=O) groups is 1. The van der Waals surface area contributed by atoms with Crippen LogP contribution in [-0.2, 0) is 14.3 Å². The van der Waals surface area contributed by atoms with Crippen LogP contribution in [0.4, 0.5) is 5.69 Å². The SMILES string of the molecule is CC(OCCOC(C)(C)C)C(=O)Nc1ccc(C#N)cc1. The molecule has 21 heavy (non-hydrogen) atoms. The predicted molar refractivity (Wildman–Crippen MR) is 80.9 cm³/mol. The Labute approximate surface area is 125 Å². The van der Waals surface area contributed by atoms with Crippen molar-refractivity contribution in [2.75, 3.05) is 18.5 Å². The zero-order chi connectivity index (χ0) is 15.9. The first-order valence-corrected chi connectivity index (χ1v) is 6.88. The molecule has 1 aromatic rings. The Kier molecular flexibility index (Phi) is 6.35. The van der Waals surface area contributed by atoms with Crippen molar-refractivity contribution < 1.29 is 14.3 Å². The first kappa shape index (κ1) is 17.2. The van der Waals surface area contributed by atoms with Gasteiger partial charge in [-0.2, -0.15) is 5.26 Å². The van der Waals surface area contributed by atoms with Crippen LogP contribution in [0.15, 0.2) is 24.3 Å². The van der Waals surface area contributed by atoms with Gasteiger partial charge in [0, 0.05) is 5.69 Å². The summed E-state index contributed by atoms with van der Waals surface area (Å²) in [4.78, 5) is 11.9. The number of anilines is 1. The van der Waals surface area contributed by atoms with E-state index in [1.807, 2.05) is 26.8 Å². The standard InChI is InChI=1S/C16H22N2O3/c1-12(20-9-10-21-16(2,3)4)15(19)18-14-7-5-13(11-17)6-8-14/h5-8,12H,9-10H2,1-4H3,(H,18,19). The summed E-state index contributed by atoms with van der Waals surface area (Å²) in [5.41, 5.74) is 0.981. The second-order valence-corrected chi connectivity index (χ2v) is 5.65. The van der Waals surface area contributed by atoms with Gasteiger partial charge in [-0.1, -0.05) is 0 Å². The number of benzene rings is 1. The third kappa shape index (κ3) is 6.89. The van der Waals surface area contributed by atoms with Crippen LogP contribution in [0.5, 0.6) is 0 Å². The molecule has 0 bridgehead atoms. The molecule has 5 heteroatoms. The van der Waals surface area contributed by atoms with Gasteiger partial charge in [-0.25, -0.2) is 0 Å². The minimum Gasteiger partial charge on any atom is -0.373 e. The molecule has 0 aliphatic heterocycles. The van der Waals surface area contributed by atoms with E-state index in [1.165, 1.54) is 0 Å². The van der Waals surface area contributed by atoms with Crippen molar-refractivity contribution in [2.24, 2.45) is 0 Å². The van der Waals surface area contributed by atoms with Crippen LogP contribution in [-0.4, -0.2) is 30.8 Å². The van der Waals surface area contributed by atoms with Crippen molar-refractivity contribution in [3.8, 4) is 6.07 Å². The highest BCUT2D eigenvalue weighted by Gasteiger charge is 2.14. The molecule has 5 nitrogen and oxygen atoms in total. The molecule has 0 heterocycles. The summed E-state index contributed by atoms with van der Waals surface area (Å²) in [5, 5.41) is 11.4. The Morgan fingerprint density at radius 3 is 2.43 bits per heavy atom. The highest BCUT2D eigenvalue weighted by Crippen LogP contribution is 2.10. The maximum Gasteiger partial charge on any atom is 0.253 e. The van der Waals surface area contributed by atoms with Gasteiger partial charge >= 0.3 is 0 Å². The fourth-order valence-corrected chi connectivity index (χ4v) is 1.52. The van der Waals surface area contributed by atoms with Crippen molar-refractivity contribution in [1.29, 1.82) is 5.26 Å². The third-order valence-corrected chi connectivity index (χ3v) is 2.64. The summed E-state index contributed by atoms with van der Waals surface area (Å²) in [5.74, 6) is -0.226. The molecule has 1 aromatic carbocycles. The molecule has 1 unspecified atom stereocenters. The zero-order valence-corrected chi connectivity index (χ0v) is 13.0. The number of rotatable bonds is 6. The number of hydrogen-bond acceptors (Lipinski definition) is 4. The van der Waals surface area contributed by atoms with E-state index in [0.29, 0.717) is 24.5 Å². The largest absolute Gasteiger partial charge is 0.373 e. The minimum absolute atomic E-state index is 0.211. The van der Waals surface area contributed by atoms with Crippen LogP contribution < -0.4 is 5.32 Å². The summed E-state index contributed by atoms with van der Waals surface area (Å²) in [6.45, 7) is 8.39. The quantitative estimate of drug-likeness (QED) is 0.818. The van der Waals surface area contributed by atoms with E-state index in [9.17, 15) is 4.79 Å². The fourth-order valence-electron chi connectivity index (χ4n) is 1.52. The van der Waals surface area contributed by atoms with Gasteiger partial charge in [0.05, 0.1) is 30.4 Å². The van der Waals surface area contributed by atoms with Gasteiger partial charge in [-0.3, -0.25) is 4.79 Å². The molecular weight excluding hydrogens is 268 g/mol. The molecule has 0 aliphatic carbocycles. The third-order valence-electron chi connectivity index (χ3n) is 2.64. The van der Waals surface area contributed by atoms with Crippen LogP contribution in [0.1, 0.15) is 33.3 Å². The predicted octanol–water partition coefficient (Wildman–Crippen LogP) is 2.72. The van der Waals surface area contributed by atoms with Crippen molar-refractivity contribution in [3.05, 3.63) is 29.8 Å². The normalized spacial score (nSPS) is 12.5. The number of nitrogens with one attached hydrogen (secondary N) is 1. The van der Waals surface area contributed by atoms with Crippen LogP contribution in [0.2, 0.25) is 0 Å². The number of hydrogen-bond donors (Lipinski definition) is 1. The second-order valence-electron chi connectivity index (χ2n) is 5.65. The average Bonchev–Trinajstić information content (AvgIpc) is 2.43. The van der Waals surface area contributed by atoms with E-state index < -0.39 is 6.10 Å². The molecule has 1 amide bonds. The molecule has 1 rings (SSSR count). The van der Waals surface area contributed by atoms with E-state index in [4.69, 9.17) is 14.7 Å². The maximum atomic E-state index is 11.9. The van der Waals surface area contributed by atoms with Gasteiger partial charge in [0.15, 0.2) is 0 Å². The molecule has 1 N–H and O–H groups in total. The van der Waals surface area contributed by atoms with Gasteiger partial charge in [0.1, 0.15) is 6.10 Å². The lowest BCUT2D eigenvalue weighted by Crippen LogP contribution is -2.30. The Hall–Kier alpha value is -1.90. The van der Waals surface area contributed by atoms with E-state index in [2.05, 4.69) is 5.32 Å². The number of amides is 1. The highest BCUT2D eigenvalue weighted by atomic mass is 16.5. The summed E-state index contributed by atoms with van der Waals surface area (Å²) < 4.78 is 10.9. The van der Waals surface area contributed by atoms with Crippen molar-refractivity contribution in [3.63, 3.8) is 0 Å². The van der Waals surface area contributed by atoms with E-state index in [1.54, 1.807) is 31.2 Å². The lowest BCUT2D eigenvalue weighted by molar-refractivity contribution is -0.128. The number of nitrogens with zero attached hydrogens (tertiary/aromatic N) is 1. The number of nitriles is 1. The molecule has 114 valence electrons. The van der Waals surface area contributed by atoms with E-state index in [-0.39, 0.29) is 11.5 Å². The molecule has 0 spiro atoms. The summed E-state index contributed by atoms with van der Waals surface area (Å²) in [6, 6.07) is 8.70. The lowest BCUT2D eigenvalue weighted by Gasteiger charge is -2.20. The van der Waals surface area contributed by atoms with Crippen LogP contribution in [0, 0.1) is 11.3 Å². The topological polar surface area (TPSA) is 71.3 Å². The molecule has 0 saturated carbocycles. The van der Waals surface area contributed by atoms with Crippen LogP contribution in [0.3, 0.4) is 0 Å². The molecule has 0 aliphatic rings. The molecule has 0 radical (unpaired) electrons. The fraction of sp³-hybridized carbons (Fsp3) is 0.500. The van der Waals surface area contributed by atoms with Gasteiger partial charge in [-0.05, 0) is 52.0 Å². The first-order chi connectivity index (χ1) is 9.81. The van der Waals surface area contributed by atoms with Crippen molar-refractivity contribution >= 4 is 11.6 Å². The summed E-state index contributed by atoms with van der Waals surface area (Å²) in [7, 11) is 0. The average molecular weight is 290 g/mol. The van der Waals surface area contributed by atoms with Crippen LogP contribution in [0.25, 0.3) is 0 Å². The Morgan fingerprint density at radius 1 is 1.29 bits per heavy atom. The second kappa shape index (κ2) is 7.77. The number of ether oxygens (including phenoxy) is 2. The van der Waals surface area contributed by atoms with Crippen LogP contribution >= 0.6 is 0 Å².